The van der Waals surface area contributed by atoms with E-state index in [0.717, 1.165) is 11.1 Å². The zero-order valence-corrected chi connectivity index (χ0v) is 14.0. The highest BCUT2D eigenvalue weighted by Crippen LogP contribution is 2.61. The van der Waals surface area contributed by atoms with Gasteiger partial charge in [0.15, 0.2) is 11.7 Å². The Bertz CT molecular complexity index is 952. The summed E-state index contributed by atoms with van der Waals surface area (Å²) in [5.74, 6) is -0.588. The molecule has 0 spiro atoms. The summed E-state index contributed by atoms with van der Waals surface area (Å²) in [7, 11) is 0. The number of nitrogens with one attached hydrogen (secondary N) is 1. The van der Waals surface area contributed by atoms with Gasteiger partial charge in [-0.2, -0.15) is 0 Å². The number of carbonyl (C=O) groups excluding carboxylic acids is 1. The van der Waals surface area contributed by atoms with Crippen LogP contribution in [0.4, 0.5) is 4.39 Å². The van der Waals surface area contributed by atoms with Crippen LogP contribution < -0.4 is 5.48 Å². The van der Waals surface area contributed by atoms with Crippen molar-refractivity contribution in [1.29, 1.82) is 0 Å². The number of amides is 1. The van der Waals surface area contributed by atoms with Crippen molar-refractivity contribution in [3.63, 3.8) is 0 Å². The summed E-state index contributed by atoms with van der Waals surface area (Å²) < 4.78 is 19.7. The van der Waals surface area contributed by atoms with Crippen molar-refractivity contribution >= 4 is 5.91 Å². The first-order valence-electron chi connectivity index (χ1n) is 8.31. The van der Waals surface area contributed by atoms with E-state index in [1.165, 1.54) is 6.07 Å². The minimum atomic E-state index is -0.504. The maximum atomic E-state index is 14.2. The molecule has 5 nitrogen and oxygen atoms in total. The van der Waals surface area contributed by atoms with Crippen molar-refractivity contribution in [3.8, 4) is 11.3 Å². The zero-order chi connectivity index (χ0) is 18.3. The SMILES string of the molecule is Cc1ncc(-c2ccc([C@H]3[C@@H](C(=O)NO)[C@@H]3c3ccccc3F)cc2)o1. The average Bonchev–Trinajstić information content (AvgIpc) is 3.25. The number of aromatic nitrogens is 1. The normalized spacial score (nSPS) is 21.4. The summed E-state index contributed by atoms with van der Waals surface area (Å²) >= 11 is 0. The van der Waals surface area contributed by atoms with Crippen molar-refractivity contribution in [2.24, 2.45) is 5.92 Å². The first-order chi connectivity index (χ1) is 12.6. The van der Waals surface area contributed by atoms with Crippen LogP contribution in [0.2, 0.25) is 0 Å². The second-order valence-electron chi connectivity index (χ2n) is 6.44. The Morgan fingerprint density at radius 1 is 1.15 bits per heavy atom. The molecular weight excluding hydrogens is 335 g/mol. The maximum Gasteiger partial charge on any atom is 0.247 e. The molecule has 2 aromatic carbocycles. The monoisotopic (exact) mass is 352 g/mol. The van der Waals surface area contributed by atoms with Crippen LogP contribution in [0.15, 0.2) is 59.1 Å². The molecule has 1 heterocycles. The number of hydrogen-bond donors (Lipinski definition) is 2. The van der Waals surface area contributed by atoms with Gasteiger partial charge in [-0.1, -0.05) is 42.5 Å². The largest absolute Gasteiger partial charge is 0.441 e. The van der Waals surface area contributed by atoms with Gasteiger partial charge in [0, 0.05) is 24.3 Å². The molecule has 1 fully saturated rings. The van der Waals surface area contributed by atoms with Crippen molar-refractivity contribution in [3.05, 3.63) is 77.6 Å². The van der Waals surface area contributed by atoms with Gasteiger partial charge in [-0.05, 0) is 17.2 Å². The van der Waals surface area contributed by atoms with E-state index >= 15 is 0 Å². The number of oxazole rings is 1. The highest BCUT2D eigenvalue weighted by Gasteiger charge is 2.56. The number of rotatable bonds is 4. The van der Waals surface area contributed by atoms with Gasteiger partial charge in [-0.15, -0.1) is 0 Å². The summed E-state index contributed by atoms with van der Waals surface area (Å²) in [6.45, 7) is 1.78. The fourth-order valence-electron chi connectivity index (χ4n) is 3.62. The third kappa shape index (κ3) is 2.78. The molecule has 2 N–H and O–H groups in total. The molecule has 1 aliphatic rings. The Labute approximate surface area is 149 Å². The van der Waals surface area contributed by atoms with Crippen LogP contribution in [-0.2, 0) is 4.79 Å². The fraction of sp³-hybridized carbons (Fsp3) is 0.200. The predicted octanol–water partition coefficient (Wildman–Crippen LogP) is 3.79. The van der Waals surface area contributed by atoms with Gasteiger partial charge in [0.1, 0.15) is 5.82 Å². The number of hydroxylamine groups is 1. The molecule has 6 heteroatoms. The van der Waals surface area contributed by atoms with Crippen molar-refractivity contribution < 1.29 is 18.8 Å². The van der Waals surface area contributed by atoms with Gasteiger partial charge in [0.05, 0.1) is 12.1 Å². The summed E-state index contributed by atoms with van der Waals surface area (Å²) in [6, 6.07) is 14.0. The van der Waals surface area contributed by atoms with Crippen LogP contribution in [0.3, 0.4) is 0 Å². The molecule has 1 amide bonds. The van der Waals surface area contributed by atoms with E-state index in [4.69, 9.17) is 9.62 Å². The van der Waals surface area contributed by atoms with E-state index in [1.807, 2.05) is 24.3 Å². The van der Waals surface area contributed by atoms with Gasteiger partial charge in [-0.25, -0.2) is 14.9 Å². The smallest absolute Gasteiger partial charge is 0.247 e. The molecule has 0 aliphatic heterocycles. The molecule has 3 aromatic rings. The number of hydrogen-bond acceptors (Lipinski definition) is 4. The van der Waals surface area contributed by atoms with Crippen LogP contribution in [0, 0.1) is 18.7 Å². The highest BCUT2D eigenvalue weighted by molar-refractivity contribution is 5.84. The lowest BCUT2D eigenvalue weighted by atomic mass is 10.0. The third-order valence-electron chi connectivity index (χ3n) is 4.90. The van der Waals surface area contributed by atoms with Crippen LogP contribution >= 0.6 is 0 Å². The van der Waals surface area contributed by atoms with E-state index in [0.29, 0.717) is 17.2 Å². The molecule has 1 aliphatic carbocycles. The molecule has 1 saturated carbocycles. The fourth-order valence-corrected chi connectivity index (χ4v) is 3.62. The van der Waals surface area contributed by atoms with Gasteiger partial charge >= 0.3 is 0 Å². The summed E-state index contributed by atoms with van der Waals surface area (Å²) in [6.07, 6.45) is 1.66. The number of halogens is 1. The van der Waals surface area contributed by atoms with E-state index < -0.39 is 11.8 Å². The molecule has 0 bridgehead atoms. The van der Waals surface area contributed by atoms with Crippen molar-refractivity contribution in [2.45, 2.75) is 18.8 Å². The second-order valence-corrected chi connectivity index (χ2v) is 6.44. The Kier molecular flexibility index (Phi) is 4.05. The van der Waals surface area contributed by atoms with E-state index in [9.17, 15) is 9.18 Å². The summed E-state index contributed by atoms with van der Waals surface area (Å²) in [4.78, 5) is 16.1. The van der Waals surface area contributed by atoms with Crippen molar-refractivity contribution in [2.75, 3.05) is 0 Å². The van der Waals surface area contributed by atoms with Gasteiger partial charge < -0.3 is 4.42 Å². The first-order valence-corrected chi connectivity index (χ1v) is 8.31. The molecule has 132 valence electrons. The molecule has 0 unspecified atom stereocenters. The van der Waals surface area contributed by atoms with Gasteiger partial charge in [0.25, 0.3) is 0 Å². The highest BCUT2D eigenvalue weighted by atomic mass is 19.1. The molecule has 3 atom stereocenters. The number of aryl methyl sites for hydroxylation is 1. The minimum Gasteiger partial charge on any atom is -0.441 e. The quantitative estimate of drug-likeness (QED) is 0.553. The lowest BCUT2D eigenvalue weighted by molar-refractivity contribution is -0.130. The van der Waals surface area contributed by atoms with E-state index in [1.54, 1.807) is 36.8 Å². The minimum absolute atomic E-state index is 0.190. The Morgan fingerprint density at radius 2 is 1.88 bits per heavy atom. The molecule has 26 heavy (non-hydrogen) atoms. The summed E-state index contributed by atoms with van der Waals surface area (Å²) in [5, 5.41) is 9.03. The molecule has 1 aromatic heterocycles. The lowest BCUT2D eigenvalue weighted by Gasteiger charge is -2.03. The topological polar surface area (TPSA) is 75.4 Å². The van der Waals surface area contributed by atoms with Crippen LogP contribution in [0.25, 0.3) is 11.3 Å². The lowest BCUT2D eigenvalue weighted by Crippen LogP contribution is -2.21. The Morgan fingerprint density at radius 3 is 2.50 bits per heavy atom. The van der Waals surface area contributed by atoms with Gasteiger partial charge in [-0.3, -0.25) is 10.0 Å². The Hall–Kier alpha value is -2.99. The molecular formula is C20H17FN2O3. The van der Waals surface area contributed by atoms with E-state index in [2.05, 4.69) is 4.98 Å². The number of carbonyl (C=O) groups is 1. The third-order valence-corrected chi connectivity index (χ3v) is 4.90. The Balaban J connectivity index is 1.65. The standard InChI is InChI=1S/C20H17FN2O3/c1-11-22-10-16(26-11)12-6-8-13(9-7-12)17-18(19(17)20(24)23-25)14-4-2-3-5-15(14)21/h2-10,17-19,25H,1H3,(H,23,24)/t17-,18-,19-/m1/s1. The van der Waals surface area contributed by atoms with Crippen LogP contribution in [0.5, 0.6) is 0 Å². The van der Waals surface area contributed by atoms with Crippen LogP contribution in [0.1, 0.15) is 28.9 Å². The van der Waals surface area contributed by atoms with Crippen molar-refractivity contribution in [1.82, 2.24) is 10.5 Å². The molecule has 0 radical (unpaired) electrons. The zero-order valence-electron chi connectivity index (χ0n) is 14.0. The van der Waals surface area contributed by atoms with Gasteiger partial charge in [0.2, 0.25) is 5.91 Å². The predicted molar refractivity (Wildman–Crippen MR) is 92.0 cm³/mol. The maximum absolute atomic E-state index is 14.2. The summed E-state index contributed by atoms with van der Waals surface area (Å²) in [5.41, 5.74) is 3.97. The molecule has 4 rings (SSSR count). The first kappa shape index (κ1) is 16.5. The van der Waals surface area contributed by atoms with E-state index in [-0.39, 0.29) is 17.7 Å². The average molecular weight is 352 g/mol. The number of benzene rings is 2. The number of nitrogens with zero attached hydrogens (tertiary/aromatic N) is 1. The second kappa shape index (κ2) is 6.38. The molecule has 0 saturated heterocycles. The van der Waals surface area contributed by atoms with Crippen LogP contribution in [-0.4, -0.2) is 16.1 Å².